The van der Waals surface area contributed by atoms with Crippen LogP contribution in [0.25, 0.3) is 0 Å². The summed E-state index contributed by atoms with van der Waals surface area (Å²) in [4.78, 5) is 17.8. The Labute approximate surface area is 112 Å². The van der Waals surface area contributed by atoms with Crippen LogP contribution in [0.15, 0.2) is 18.3 Å². The van der Waals surface area contributed by atoms with E-state index in [0.717, 1.165) is 19.4 Å². The summed E-state index contributed by atoms with van der Waals surface area (Å²) < 4.78 is 5.41. The summed E-state index contributed by atoms with van der Waals surface area (Å²) in [5.74, 6) is 0.472. The van der Waals surface area contributed by atoms with Crippen LogP contribution in [0.4, 0.5) is 0 Å². The lowest BCUT2D eigenvalue weighted by atomic mass is 10.0. The zero-order valence-electron chi connectivity index (χ0n) is 10.4. The lowest BCUT2D eigenvalue weighted by molar-refractivity contribution is -0.136. The first-order valence-corrected chi connectivity index (χ1v) is 6.59. The van der Waals surface area contributed by atoms with Gasteiger partial charge in [-0.25, -0.2) is 4.98 Å². The van der Waals surface area contributed by atoms with Crippen LogP contribution in [0.3, 0.4) is 0 Å². The molecule has 1 atom stereocenters. The minimum absolute atomic E-state index is 0.0159. The zero-order valence-corrected chi connectivity index (χ0v) is 11.2. The van der Waals surface area contributed by atoms with E-state index in [1.165, 1.54) is 6.42 Å². The highest BCUT2D eigenvalue weighted by Gasteiger charge is 2.23. The lowest BCUT2D eigenvalue weighted by Crippen LogP contribution is -2.44. The van der Waals surface area contributed by atoms with Gasteiger partial charge in [-0.05, 0) is 38.3 Å². The van der Waals surface area contributed by atoms with Crippen molar-refractivity contribution in [3.8, 4) is 5.75 Å². The summed E-state index contributed by atoms with van der Waals surface area (Å²) >= 11 is 5.86. The third kappa shape index (κ3) is 3.13. The topological polar surface area (TPSA) is 42.4 Å². The minimum Gasteiger partial charge on any atom is -0.481 e. The quantitative estimate of drug-likeness (QED) is 0.791. The maximum absolute atomic E-state index is 12.0. The van der Waals surface area contributed by atoms with Crippen molar-refractivity contribution in [1.82, 2.24) is 9.88 Å². The summed E-state index contributed by atoms with van der Waals surface area (Å²) in [5, 5.41) is 0.289. The first-order chi connectivity index (χ1) is 8.68. The molecule has 2 heterocycles. The molecule has 1 aliphatic heterocycles. The van der Waals surface area contributed by atoms with Gasteiger partial charge in [-0.15, -0.1) is 0 Å². The lowest BCUT2D eigenvalue weighted by Gasteiger charge is -2.33. The molecule has 18 heavy (non-hydrogen) atoms. The highest BCUT2D eigenvalue weighted by atomic mass is 35.5. The SMILES string of the molecule is CC1CCCCN1C(=O)COc1cccnc1Cl. The number of aromatic nitrogens is 1. The molecule has 0 aliphatic carbocycles. The molecule has 0 saturated carbocycles. The van der Waals surface area contributed by atoms with Gasteiger partial charge >= 0.3 is 0 Å². The minimum atomic E-state index is 0.0159. The smallest absolute Gasteiger partial charge is 0.260 e. The second kappa shape index (κ2) is 6.05. The van der Waals surface area contributed by atoms with Gasteiger partial charge in [-0.3, -0.25) is 4.79 Å². The number of likely N-dealkylation sites (tertiary alicyclic amines) is 1. The highest BCUT2D eigenvalue weighted by molar-refractivity contribution is 6.30. The molecular formula is C13H17ClN2O2. The number of pyridine rings is 1. The van der Waals surface area contributed by atoms with Crippen molar-refractivity contribution < 1.29 is 9.53 Å². The van der Waals surface area contributed by atoms with Gasteiger partial charge in [0.05, 0.1) is 0 Å². The molecule has 1 amide bonds. The summed E-state index contributed by atoms with van der Waals surface area (Å²) in [6.07, 6.45) is 4.92. The third-order valence-electron chi connectivity index (χ3n) is 3.20. The normalized spacial score (nSPS) is 19.7. The second-order valence-electron chi connectivity index (χ2n) is 4.51. The van der Waals surface area contributed by atoms with E-state index in [9.17, 15) is 4.79 Å². The molecule has 0 spiro atoms. The number of piperidine rings is 1. The predicted octanol–water partition coefficient (Wildman–Crippen LogP) is 2.51. The Kier molecular flexibility index (Phi) is 4.42. The third-order valence-corrected chi connectivity index (χ3v) is 3.48. The number of carbonyl (C=O) groups is 1. The molecule has 0 bridgehead atoms. The molecule has 1 saturated heterocycles. The van der Waals surface area contributed by atoms with Gasteiger partial charge in [0, 0.05) is 18.8 Å². The fourth-order valence-corrected chi connectivity index (χ4v) is 2.34. The van der Waals surface area contributed by atoms with Crippen LogP contribution in [-0.2, 0) is 4.79 Å². The van der Waals surface area contributed by atoms with Gasteiger partial charge in [0.2, 0.25) is 0 Å². The van der Waals surface area contributed by atoms with Gasteiger partial charge in [0.15, 0.2) is 17.5 Å². The van der Waals surface area contributed by atoms with Gasteiger partial charge in [-0.2, -0.15) is 0 Å². The van der Waals surface area contributed by atoms with Crippen molar-refractivity contribution in [3.05, 3.63) is 23.5 Å². The molecule has 1 unspecified atom stereocenters. The van der Waals surface area contributed by atoms with Gasteiger partial charge < -0.3 is 9.64 Å². The molecule has 2 rings (SSSR count). The van der Waals surface area contributed by atoms with Gasteiger partial charge in [0.1, 0.15) is 0 Å². The van der Waals surface area contributed by atoms with E-state index in [2.05, 4.69) is 11.9 Å². The Hall–Kier alpha value is -1.29. The predicted molar refractivity (Wildman–Crippen MR) is 69.8 cm³/mol. The standard InChI is InChI=1S/C13H17ClN2O2/c1-10-5-2-3-8-16(10)12(17)9-18-11-6-4-7-15-13(11)14/h4,6-7,10H,2-3,5,8-9H2,1H3. The molecule has 1 aliphatic rings. The monoisotopic (exact) mass is 268 g/mol. The molecule has 5 heteroatoms. The number of halogens is 1. The van der Waals surface area contributed by atoms with Crippen LogP contribution in [-0.4, -0.2) is 35.0 Å². The molecule has 98 valence electrons. The number of ether oxygens (including phenoxy) is 1. The van der Waals surface area contributed by atoms with Crippen LogP contribution in [0.1, 0.15) is 26.2 Å². The maximum Gasteiger partial charge on any atom is 0.260 e. The summed E-state index contributed by atoms with van der Waals surface area (Å²) in [6, 6.07) is 3.75. The van der Waals surface area contributed by atoms with E-state index in [4.69, 9.17) is 16.3 Å². The largest absolute Gasteiger partial charge is 0.481 e. The number of hydrogen-bond donors (Lipinski definition) is 0. The number of hydrogen-bond acceptors (Lipinski definition) is 3. The van der Waals surface area contributed by atoms with E-state index in [-0.39, 0.29) is 17.7 Å². The molecule has 1 aromatic rings. The van der Waals surface area contributed by atoms with E-state index in [1.54, 1.807) is 18.3 Å². The Morgan fingerprint density at radius 3 is 3.17 bits per heavy atom. The molecule has 1 fully saturated rings. The van der Waals surface area contributed by atoms with E-state index in [0.29, 0.717) is 11.8 Å². The van der Waals surface area contributed by atoms with Crippen LogP contribution in [0.2, 0.25) is 5.15 Å². The van der Waals surface area contributed by atoms with Crippen molar-refractivity contribution in [2.45, 2.75) is 32.2 Å². The number of nitrogens with zero attached hydrogens (tertiary/aromatic N) is 2. The Morgan fingerprint density at radius 1 is 1.61 bits per heavy atom. The van der Waals surface area contributed by atoms with Crippen molar-refractivity contribution in [2.75, 3.05) is 13.2 Å². The van der Waals surface area contributed by atoms with Gasteiger partial charge in [0.25, 0.3) is 5.91 Å². The average Bonchev–Trinajstić information content (AvgIpc) is 2.38. The van der Waals surface area contributed by atoms with Crippen LogP contribution < -0.4 is 4.74 Å². The van der Waals surface area contributed by atoms with Crippen molar-refractivity contribution in [2.24, 2.45) is 0 Å². The number of carbonyl (C=O) groups excluding carboxylic acids is 1. The fourth-order valence-electron chi connectivity index (χ4n) is 2.17. The first-order valence-electron chi connectivity index (χ1n) is 6.21. The number of amides is 1. The van der Waals surface area contributed by atoms with Crippen molar-refractivity contribution in [1.29, 1.82) is 0 Å². The molecular weight excluding hydrogens is 252 g/mol. The highest BCUT2D eigenvalue weighted by Crippen LogP contribution is 2.21. The van der Waals surface area contributed by atoms with Crippen LogP contribution >= 0.6 is 11.6 Å². The van der Waals surface area contributed by atoms with E-state index in [1.807, 2.05) is 4.90 Å². The Balaban J connectivity index is 1.90. The van der Waals surface area contributed by atoms with Crippen molar-refractivity contribution in [3.63, 3.8) is 0 Å². The van der Waals surface area contributed by atoms with E-state index >= 15 is 0 Å². The molecule has 0 aromatic carbocycles. The Bertz CT molecular complexity index is 425. The summed E-state index contributed by atoms with van der Waals surface area (Å²) in [5.41, 5.74) is 0. The van der Waals surface area contributed by atoms with Crippen LogP contribution in [0, 0.1) is 0 Å². The molecule has 0 N–H and O–H groups in total. The molecule has 4 nitrogen and oxygen atoms in total. The summed E-state index contributed by atoms with van der Waals surface area (Å²) in [7, 11) is 0. The van der Waals surface area contributed by atoms with E-state index < -0.39 is 0 Å². The first kappa shape index (κ1) is 13.1. The number of rotatable bonds is 3. The van der Waals surface area contributed by atoms with Gasteiger partial charge in [-0.1, -0.05) is 11.6 Å². The summed E-state index contributed by atoms with van der Waals surface area (Å²) in [6.45, 7) is 2.92. The molecule has 0 radical (unpaired) electrons. The average molecular weight is 269 g/mol. The Morgan fingerprint density at radius 2 is 2.44 bits per heavy atom. The fraction of sp³-hybridized carbons (Fsp3) is 0.538. The van der Waals surface area contributed by atoms with Crippen LogP contribution in [0.5, 0.6) is 5.75 Å². The van der Waals surface area contributed by atoms with Crippen molar-refractivity contribution >= 4 is 17.5 Å². The maximum atomic E-state index is 12.0. The second-order valence-corrected chi connectivity index (χ2v) is 4.87. The molecule has 1 aromatic heterocycles. The zero-order chi connectivity index (χ0) is 13.0.